The van der Waals surface area contributed by atoms with Gasteiger partial charge in [0.15, 0.2) is 0 Å². The van der Waals surface area contributed by atoms with Gasteiger partial charge in [-0.3, -0.25) is 0 Å². The molecule has 0 aromatic heterocycles. The van der Waals surface area contributed by atoms with Crippen LogP contribution in [0.15, 0.2) is 22.7 Å². The van der Waals surface area contributed by atoms with Crippen molar-refractivity contribution in [3.8, 4) is 0 Å². The first-order chi connectivity index (χ1) is 7.65. The lowest BCUT2D eigenvalue weighted by Gasteiger charge is -2.30. The van der Waals surface area contributed by atoms with Gasteiger partial charge < -0.3 is 10.6 Å². The Hall–Kier alpha value is -0.540. The van der Waals surface area contributed by atoms with Crippen LogP contribution in [0.2, 0.25) is 0 Å². The quantitative estimate of drug-likeness (QED) is 0.896. The minimum absolute atomic E-state index is 0.571. The molecule has 16 heavy (non-hydrogen) atoms. The third-order valence-electron chi connectivity index (χ3n) is 3.17. The van der Waals surface area contributed by atoms with Crippen LogP contribution in [0.25, 0.3) is 0 Å². The molecule has 0 aliphatic rings. The van der Waals surface area contributed by atoms with Crippen LogP contribution in [0.3, 0.4) is 0 Å². The van der Waals surface area contributed by atoms with Crippen LogP contribution >= 0.6 is 15.9 Å². The smallest absolute Gasteiger partial charge is 0.0423 e. The molecule has 1 aromatic carbocycles. The fourth-order valence-electron chi connectivity index (χ4n) is 2.11. The van der Waals surface area contributed by atoms with Gasteiger partial charge in [0.1, 0.15) is 0 Å². The second-order valence-corrected chi connectivity index (χ2v) is 4.88. The highest BCUT2D eigenvalue weighted by atomic mass is 79.9. The second-order valence-electron chi connectivity index (χ2n) is 4.02. The number of benzene rings is 1. The van der Waals surface area contributed by atoms with Gasteiger partial charge in [0.2, 0.25) is 0 Å². The van der Waals surface area contributed by atoms with E-state index in [9.17, 15) is 0 Å². The summed E-state index contributed by atoms with van der Waals surface area (Å²) in [4.78, 5) is 2.34. The second kappa shape index (κ2) is 6.26. The first-order valence-corrected chi connectivity index (χ1v) is 6.65. The first-order valence-electron chi connectivity index (χ1n) is 5.85. The molecule has 0 heterocycles. The third kappa shape index (κ3) is 2.77. The van der Waals surface area contributed by atoms with Crippen LogP contribution in [0, 0.1) is 0 Å². The summed E-state index contributed by atoms with van der Waals surface area (Å²) < 4.78 is 1.10. The monoisotopic (exact) mass is 284 g/mol. The lowest BCUT2D eigenvalue weighted by atomic mass is 10.1. The molecule has 0 atom stereocenters. The van der Waals surface area contributed by atoms with Gasteiger partial charge >= 0.3 is 0 Å². The molecule has 3 heteroatoms. The highest BCUT2D eigenvalue weighted by Crippen LogP contribution is 2.28. The number of anilines is 1. The molecule has 0 amide bonds. The summed E-state index contributed by atoms with van der Waals surface area (Å²) in [6.07, 6.45) is 2.31. The molecule has 1 rings (SSSR count). The van der Waals surface area contributed by atoms with E-state index in [0.717, 1.165) is 17.3 Å². The average molecular weight is 285 g/mol. The Kier molecular flexibility index (Phi) is 5.29. The van der Waals surface area contributed by atoms with Crippen molar-refractivity contribution in [3.63, 3.8) is 0 Å². The van der Waals surface area contributed by atoms with Gasteiger partial charge in [-0.15, -0.1) is 0 Å². The van der Waals surface area contributed by atoms with Gasteiger partial charge in [-0.2, -0.15) is 0 Å². The largest absolute Gasteiger partial charge is 0.371 e. The van der Waals surface area contributed by atoms with Crippen molar-refractivity contribution in [2.24, 2.45) is 5.73 Å². The van der Waals surface area contributed by atoms with Crippen molar-refractivity contribution in [1.82, 2.24) is 0 Å². The molecule has 0 aliphatic carbocycles. The molecule has 1 aromatic rings. The SMILES string of the molecule is CCC(CC)N(C)c1cccc(Br)c1CN. The molecule has 90 valence electrons. The number of rotatable bonds is 5. The van der Waals surface area contributed by atoms with Crippen LogP contribution < -0.4 is 10.6 Å². The molecule has 0 radical (unpaired) electrons. The van der Waals surface area contributed by atoms with Gasteiger partial charge in [0.25, 0.3) is 0 Å². The van der Waals surface area contributed by atoms with E-state index in [1.807, 2.05) is 6.07 Å². The van der Waals surface area contributed by atoms with Crippen LogP contribution in [0.1, 0.15) is 32.3 Å². The fraction of sp³-hybridized carbons (Fsp3) is 0.538. The van der Waals surface area contributed by atoms with Gasteiger partial charge in [-0.05, 0) is 25.0 Å². The number of nitrogens with zero attached hydrogens (tertiary/aromatic N) is 1. The number of hydrogen-bond donors (Lipinski definition) is 1. The molecule has 0 unspecified atom stereocenters. The predicted octanol–water partition coefficient (Wildman–Crippen LogP) is 3.53. The average Bonchev–Trinajstić information content (AvgIpc) is 2.30. The van der Waals surface area contributed by atoms with Crippen LogP contribution in [0.4, 0.5) is 5.69 Å². The summed E-state index contributed by atoms with van der Waals surface area (Å²) in [7, 11) is 2.15. The predicted molar refractivity (Wildman–Crippen MR) is 74.8 cm³/mol. The van der Waals surface area contributed by atoms with E-state index in [1.165, 1.54) is 11.3 Å². The van der Waals surface area contributed by atoms with Crippen molar-refractivity contribution >= 4 is 21.6 Å². The standard InChI is InChI=1S/C13H21BrN2/c1-4-10(5-2)16(3)13-8-6-7-12(14)11(13)9-15/h6-8,10H,4-5,9,15H2,1-3H3. The fourth-order valence-corrected chi connectivity index (χ4v) is 2.63. The molecule has 2 N–H and O–H groups in total. The summed E-state index contributed by atoms with van der Waals surface area (Å²) in [5.41, 5.74) is 8.25. The van der Waals surface area contributed by atoms with Crippen molar-refractivity contribution in [3.05, 3.63) is 28.2 Å². The highest BCUT2D eigenvalue weighted by Gasteiger charge is 2.15. The summed E-state index contributed by atoms with van der Waals surface area (Å²) in [5.74, 6) is 0. The summed E-state index contributed by atoms with van der Waals surface area (Å²) in [5, 5.41) is 0. The van der Waals surface area contributed by atoms with Crippen LogP contribution in [-0.2, 0) is 6.54 Å². The molecule has 0 saturated carbocycles. The van der Waals surface area contributed by atoms with Crippen LogP contribution in [0.5, 0.6) is 0 Å². The van der Waals surface area contributed by atoms with Crippen molar-refractivity contribution in [1.29, 1.82) is 0 Å². The van der Waals surface area contributed by atoms with Gasteiger partial charge in [0, 0.05) is 35.4 Å². The Morgan fingerprint density at radius 3 is 2.44 bits per heavy atom. The maximum atomic E-state index is 5.82. The third-order valence-corrected chi connectivity index (χ3v) is 3.91. The minimum Gasteiger partial charge on any atom is -0.371 e. The van der Waals surface area contributed by atoms with E-state index in [4.69, 9.17) is 5.73 Å². The Bertz CT molecular complexity index is 335. The van der Waals surface area contributed by atoms with Gasteiger partial charge in [-0.1, -0.05) is 35.8 Å². The molecule has 0 fully saturated rings. The summed E-state index contributed by atoms with van der Waals surface area (Å²) in [6, 6.07) is 6.84. The van der Waals surface area contributed by atoms with E-state index in [-0.39, 0.29) is 0 Å². The van der Waals surface area contributed by atoms with Crippen molar-refractivity contribution in [2.75, 3.05) is 11.9 Å². The lowest BCUT2D eigenvalue weighted by molar-refractivity contribution is 0.590. The van der Waals surface area contributed by atoms with E-state index in [1.54, 1.807) is 0 Å². The Balaban J connectivity index is 3.07. The molecule has 0 bridgehead atoms. The van der Waals surface area contributed by atoms with E-state index in [0.29, 0.717) is 12.6 Å². The number of halogens is 1. The topological polar surface area (TPSA) is 29.3 Å². The lowest BCUT2D eigenvalue weighted by Crippen LogP contribution is -2.31. The molecule has 2 nitrogen and oxygen atoms in total. The minimum atomic E-state index is 0.571. The maximum absolute atomic E-state index is 5.82. The zero-order chi connectivity index (χ0) is 12.1. The van der Waals surface area contributed by atoms with Crippen molar-refractivity contribution < 1.29 is 0 Å². The molecule has 0 spiro atoms. The van der Waals surface area contributed by atoms with Gasteiger partial charge in [-0.25, -0.2) is 0 Å². The van der Waals surface area contributed by atoms with Crippen LogP contribution in [-0.4, -0.2) is 13.1 Å². The summed E-state index contributed by atoms with van der Waals surface area (Å²) >= 11 is 3.56. The van der Waals surface area contributed by atoms with E-state index < -0.39 is 0 Å². The molecular formula is C13H21BrN2. The highest BCUT2D eigenvalue weighted by molar-refractivity contribution is 9.10. The molecule has 0 saturated heterocycles. The van der Waals surface area contributed by atoms with Gasteiger partial charge in [0.05, 0.1) is 0 Å². The van der Waals surface area contributed by atoms with E-state index in [2.05, 4.69) is 53.9 Å². The Morgan fingerprint density at radius 2 is 1.94 bits per heavy atom. The first kappa shape index (κ1) is 13.5. The summed E-state index contributed by atoms with van der Waals surface area (Å²) in [6.45, 7) is 5.02. The number of hydrogen-bond acceptors (Lipinski definition) is 2. The molecule has 0 aliphatic heterocycles. The van der Waals surface area contributed by atoms with Crippen molar-refractivity contribution in [2.45, 2.75) is 39.3 Å². The Morgan fingerprint density at radius 1 is 1.31 bits per heavy atom. The van der Waals surface area contributed by atoms with E-state index >= 15 is 0 Å². The maximum Gasteiger partial charge on any atom is 0.0423 e. The normalized spacial score (nSPS) is 10.9. The molecular weight excluding hydrogens is 264 g/mol. The zero-order valence-corrected chi connectivity index (χ0v) is 11.9. The number of nitrogens with two attached hydrogens (primary N) is 1. The zero-order valence-electron chi connectivity index (χ0n) is 10.3. The Labute approximate surface area is 107 Å².